The molecule has 5 nitrogen and oxygen atoms in total. The van der Waals surface area contributed by atoms with Crippen LogP contribution in [0.2, 0.25) is 0 Å². The summed E-state index contributed by atoms with van der Waals surface area (Å²) in [4.78, 5) is 16.5. The summed E-state index contributed by atoms with van der Waals surface area (Å²) in [5.41, 5.74) is 3.33. The summed E-state index contributed by atoms with van der Waals surface area (Å²) in [6, 6.07) is 11.5. The first-order valence-electron chi connectivity index (χ1n) is 6.76. The van der Waals surface area contributed by atoms with Gasteiger partial charge >= 0.3 is 0 Å². The minimum atomic E-state index is -0.0730. The van der Waals surface area contributed by atoms with Crippen molar-refractivity contribution in [1.29, 1.82) is 0 Å². The van der Waals surface area contributed by atoms with E-state index in [4.69, 9.17) is 0 Å². The van der Waals surface area contributed by atoms with Gasteiger partial charge in [-0.15, -0.1) is 0 Å². The second-order valence-electron chi connectivity index (χ2n) is 5.01. The van der Waals surface area contributed by atoms with Crippen molar-refractivity contribution >= 4 is 22.5 Å². The first-order valence-corrected chi connectivity index (χ1v) is 6.76. The molecular weight excluding hydrogens is 264 g/mol. The Morgan fingerprint density at radius 2 is 2.10 bits per heavy atom. The predicted molar refractivity (Wildman–Crippen MR) is 82.0 cm³/mol. The molecule has 2 aromatic heterocycles. The number of fused-ring (bicyclic) bond motifs is 1. The standard InChI is InChI=1S/C16H16N4O/c1-11-9-13(20(2)19-11)10-15(21)18-14-7-3-5-12-6-4-8-17-16(12)14/h3-9H,10H2,1-2H3,(H,18,21). The fourth-order valence-corrected chi connectivity index (χ4v) is 2.39. The number of nitrogens with zero attached hydrogens (tertiary/aromatic N) is 3. The molecule has 3 rings (SSSR count). The second kappa shape index (κ2) is 5.36. The molecule has 21 heavy (non-hydrogen) atoms. The van der Waals surface area contributed by atoms with E-state index in [1.165, 1.54) is 0 Å². The van der Waals surface area contributed by atoms with Crippen LogP contribution in [0.15, 0.2) is 42.6 Å². The number of hydrogen-bond acceptors (Lipinski definition) is 3. The molecule has 0 fully saturated rings. The maximum atomic E-state index is 12.2. The Labute approximate surface area is 122 Å². The largest absolute Gasteiger partial charge is 0.324 e. The van der Waals surface area contributed by atoms with Crippen LogP contribution in [-0.4, -0.2) is 20.7 Å². The quantitative estimate of drug-likeness (QED) is 0.801. The average Bonchev–Trinajstić information content (AvgIpc) is 2.77. The lowest BCUT2D eigenvalue weighted by atomic mass is 10.2. The van der Waals surface area contributed by atoms with Crippen molar-refractivity contribution in [2.45, 2.75) is 13.3 Å². The van der Waals surface area contributed by atoms with E-state index in [2.05, 4.69) is 15.4 Å². The van der Waals surface area contributed by atoms with Crippen molar-refractivity contribution in [2.24, 2.45) is 7.05 Å². The molecule has 1 amide bonds. The fraction of sp³-hybridized carbons (Fsp3) is 0.188. The fourth-order valence-electron chi connectivity index (χ4n) is 2.39. The van der Waals surface area contributed by atoms with E-state index in [1.807, 2.05) is 50.4 Å². The van der Waals surface area contributed by atoms with Crippen LogP contribution in [0, 0.1) is 6.92 Å². The van der Waals surface area contributed by atoms with Crippen molar-refractivity contribution in [3.8, 4) is 0 Å². The van der Waals surface area contributed by atoms with E-state index < -0.39 is 0 Å². The Kier molecular flexibility index (Phi) is 3.39. The zero-order chi connectivity index (χ0) is 14.8. The van der Waals surface area contributed by atoms with Crippen LogP contribution in [0.25, 0.3) is 10.9 Å². The molecule has 0 spiro atoms. The third-order valence-corrected chi connectivity index (χ3v) is 3.35. The highest BCUT2D eigenvalue weighted by Crippen LogP contribution is 2.20. The number of carbonyl (C=O) groups is 1. The number of nitrogens with one attached hydrogen (secondary N) is 1. The van der Waals surface area contributed by atoms with Gasteiger partial charge in [-0.2, -0.15) is 5.10 Å². The molecule has 0 saturated carbocycles. The number of carbonyl (C=O) groups excluding carboxylic acids is 1. The highest BCUT2D eigenvalue weighted by Gasteiger charge is 2.10. The summed E-state index contributed by atoms with van der Waals surface area (Å²) in [7, 11) is 1.84. The highest BCUT2D eigenvalue weighted by molar-refractivity contribution is 6.00. The summed E-state index contributed by atoms with van der Waals surface area (Å²) in [5, 5.41) is 8.18. The third-order valence-electron chi connectivity index (χ3n) is 3.35. The van der Waals surface area contributed by atoms with Crippen molar-refractivity contribution < 1.29 is 4.79 Å². The Hall–Kier alpha value is -2.69. The maximum absolute atomic E-state index is 12.2. The summed E-state index contributed by atoms with van der Waals surface area (Å²) in [6.07, 6.45) is 2.02. The molecule has 0 unspecified atom stereocenters. The van der Waals surface area contributed by atoms with Gasteiger partial charge in [-0.05, 0) is 25.1 Å². The van der Waals surface area contributed by atoms with Gasteiger partial charge in [0.15, 0.2) is 0 Å². The Bertz CT molecular complexity index is 802. The maximum Gasteiger partial charge on any atom is 0.230 e. The molecule has 0 aliphatic rings. The number of amides is 1. The van der Waals surface area contributed by atoms with E-state index in [0.717, 1.165) is 28.0 Å². The number of aromatic nitrogens is 3. The van der Waals surface area contributed by atoms with Crippen LogP contribution in [0.1, 0.15) is 11.4 Å². The lowest BCUT2D eigenvalue weighted by Gasteiger charge is -2.08. The Morgan fingerprint density at radius 3 is 2.86 bits per heavy atom. The number of anilines is 1. The molecule has 1 N–H and O–H groups in total. The lowest BCUT2D eigenvalue weighted by molar-refractivity contribution is -0.115. The van der Waals surface area contributed by atoms with Crippen LogP contribution in [0.5, 0.6) is 0 Å². The summed E-state index contributed by atoms with van der Waals surface area (Å²) < 4.78 is 1.73. The van der Waals surface area contributed by atoms with Crippen molar-refractivity contribution in [1.82, 2.24) is 14.8 Å². The zero-order valence-corrected chi connectivity index (χ0v) is 12.0. The van der Waals surface area contributed by atoms with Gasteiger partial charge in [0.05, 0.1) is 23.3 Å². The molecule has 0 aliphatic heterocycles. The molecule has 0 radical (unpaired) electrons. The van der Waals surface area contributed by atoms with E-state index in [1.54, 1.807) is 10.9 Å². The zero-order valence-electron chi connectivity index (χ0n) is 12.0. The number of hydrogen-bond donors (Lipinski definition) is 1. The summed E-state index contributed by atoms with van der Waals surface area (Å²) in [5.74, 6) is -0.0730. The van der Waals surface area contributed by atoms with Crippen LogP contribution >= 0.6 is 0 Å². The topological polar surface area (TPSA) is 59.8 Å². The average molecular weight is 280 g/mol. The van der Waals surface area contributed by atoms with E-state index in [-0.39, 0.29) is 5.91 Å². The Morgan fingerprint density at radius 1 is 1.29 bits per heavy atom. The third kappa shape index (κ3) is 2.76. The van der Waals surface area contributed by atoms with Gasteiger partial charge in [-0.1, -0.05) is 18.2 Å². The number of pyridine rings is 1. The molecule has 0 aliphatic carbocycles. The number of para-hydroxylation sites is 1. The molecule has 1 aromatic carbocycles. The van der Waals surface area contributed by atoms with Crippen molar-refractivity contribution in [2.75, 3.05) is 5.32 Å². The van der Waals surface area contributed by atoms with Gasteiger partial charge in [0, 0.05) is 24.3 Å². The minimum Gasteiger partial charge on any atom is -0.324 e. The number of aryl methyl sites for hydroxylation is 2. The molecule has 0 saturated heterocycles. The molecule has 2 heterocycles. The van der Waals surface area contributed by atoms with Crippen LogP contribution < -0.4 is 5.32 Å². The molecular formula is C16H16N4O. The molecule has 5 heteroatoms. The van der Waals surface area contributed by atoms with Gasteiger partial charge in [0.1, 0.15) is 0 Å². The molecule has 0 bridgehead atoms. The minimum absolute atomic E-state index is 0.0730. The number of benzene rings is 1. The highest BCUT2D eigenvalue weighted by atomic mass is 16.1. The second-order valence-corrected chi connectivity index (χ2v) is 5.01. The van der Waals surface area contributed by atoms with Crippen molar-refractivity contribution in [3.05, 3.63) is 54.0 Å². The van der Waals surface area contributed by atoms with Gasteiger partial charge in [0.25, 0.3) is 0 Å². The first-order chi connectivity index (χ1) is 10.1. The van der Waals surface area contributed by atoms with Gasteiger partial charge in [0.2, 0.25) is 5.91 Å². The first kappa shape index (κ1) is 13.3. The predicted octanol–water partition coefficient (Wildman–Crippen LogP) is 2.46. The summed E-state index contributed by atoms with van der Waals surface area (Å²) in [6.45, 7) is 1.91. The van der Waals surface area contributed by atoms with Gasteiger partial charge < -0.3 is 5.32 Å². The molecule has 0 atom stereocenters. The van der Waals surface area contributed by atoms with Crippen molar-refractivity contribution in [3.63, 3.8) is 0 Å². The van der Waals surface area contributed by atoms with E-state index in [9.17, 15) is 4.79 Å². The van der Waals surface area contributed by atoms with Crippen LogP contribution in [0.3, 0.4) is 0 Å². The molecule has 3 aromatic rings. The lowest BCUT2D eigenvalue weighted by Crippen LogP contribution is -2.16. The van der Waals surface area contributed by atoms with Gasteiger partial charge in [-0.3, -0.25) is 14.5 Å². The molecule has 106 valence electrons. The normalized spacial score (nSPS) is 10.8. The van der Waals surface area contributed by atoms with E-state index >= 15 is 0 Å². The number of rotatable bonds is 3. The smallest absolute Gasteiger partial charge is 0.230 e. The van der Waals surface area contributed by atoms with E-state index in [0.29, 0.717) is 6.42 Å². The van der Waals surface area contributed by atoms with Gasteiger partial charge in [-0.25, -0.2) is 0 Å². The Balaban J connectivity index is 1.82. The SMILES string of the molecule is Cc1cc(CC(=O)Nc2cccc3cccnc23)n(C)n1. The van der Waals surface area contributed by atoms with Crippen LogP contribution in [0.4, 0.5) is 5.69 Å². The monoisotopic (exact) mass is 280 g/mol. The van der Waals surface area contributed by atoms with Crippen LogP contribution in [-0.2, 0) is 18.3 Å². The summed E-state index contributed by atoms with van der Waals surface area (Å²) >= 11 is 0.